The van der Waals surface area contributed by atoms with E-state index in [1.54, 1.807) is 6.07 Å². The Morgan fingerprint density at radius 2 is 2.05 bits per heavy atom. The van der Waals surface area contributed by atoms with Gasteiger partial charge in [-0.1, -0.05) is 20.8 Å². The standard InChI is InChI=1S/C18H28N2O2/c1-11-6-14(10-18(4,5)9-11)20-16-7-12(2)17(8-15(16)19)22-13(3)21/h7-8,11,14,20H,6,9-10,19H2,1-5H3. The molecule has 0 radical (unpaired) electrons. The maximum Gasteiger partial charge on any atom is 0.308 e. The lowest BCUT2D eigenvalue weighted by Gasteiger charge is -2.39. The third kappa shape index (κ3) is 4.15. The van der Waals surface area contributed by atoms with Crippen molar-refractivity contribution in [3.05, 3.63) is 17.7 Å². The largest absolute Gasteiger partial charge is 0.426 e. The van der Waals surface area contributed by atoms with E-state index in [1.807, 2.05) is 13.0 Å². The molecule has 1 aromatic carbocycles. The van der Waals surface area contributed by atoms with Crippen LogP contribution in [-0.4, -0.2) is 12.0 Å². The molecule has 1 fully saturated rings. The second kappa shape index (κ2) is 6.19. The maximum absolute atomic E-state index is 11.1. The molecule has 1 aromatic rings. The van der Waals surface area contributed by atoms with Crippen LogP contribution in [0.2, 0.25) is 0 Å². The van der Waals surface area contributed by atoms with Gasteiger partial charge in [0, 0.05) is 19.0 Å². The first-order valence-corrected chi connectivity index (χ1v) is 8.01. The summed E-state index contributed by atoms with van der Waals surface area (Å²) >= 11 is 0. The molecule has 2 atom stereocenters. The van der Waals surface area contributed by atoms with E-state index < -0.39 is 0 Å². The fraction of sp³-hybridized carbons (Fsp3) is 0.611. The van der Waals surface area contributed by atoms with Gasteiger partial charge in [0.05, 0.1) is 11.4 Å². The third-order valence-electron chi connectivity index (χ3n) is 4.35. The van der Waals surface area contributed by atoms with Gasteiger partial charge < -0.3 is 15.8 Å². The second-order valence-electron chi connectivity index (χ2n) is 7.55. The van der Waals surface area contributed by atoms with Gasteiger partial charge in [-0.3, -0.25) is 4.79 Å². The van der Waals surface area contributed by atoms with Crippen LogP contribution in [0.3, 0.4) is 0 Å². The molecule has 0 aliphatic heterocycles. The first kappa shape index (κ1) is 16.7. The van der Waals surface area contributed by atoms with Gasteiger partial charge >= 0.3 is 5.97 Å². The molecule has 2 unspecified atom stereocenters. The molecule has 1 aliphatic rings. The van der Waals surface area contributed by atoms with Crippen molar-refractivity contribution in [1.82, 2.24) is 0 Å². The molecular weight excluding hydrogens is 276 g/mol. The van der Waals surface area contributed by atoms with Gasteiger partial charge in [-0.05, 0) is 49.1 Å². The van der Waals surface area contributed by atoms with Crippen LogP contribution in [0.25, 0.3) is 0 Å². The minimum absolute atomic E-state index is 0.328. The number of nitrogens with one attached hydrogen (secondary N) is 1. The molecule has 0 spiro atoms. The van der Waals surface area contributed by atoms with Crippen molar-refractivity contribution in [3.8, 4) is 5.75 Å². The highest BCUT2D eigenvalue weighted by Crippen LogP contribution is 2.40. The number of carbonyl (C=O) groups is 1. The van der Waals surface area contributed by atoms with Crippen molar-refractivity contribution in [2.45, 2.75) is 59.9 Å². The van der Waals surface area contributed by atoms with E-state index in [9.17, 15) is 4.79 Å². The van der Waals surface area contributed by atoms with Gasteiger partial charge in [-0.15, -0.1) is 0 Å². The number of nitrogens with two attached hydrogens (primary N) is 1. The average molecular weight is 304 g/mol. The SMILES string of the molecule is CC(=O)Oc1cc(N)c(NC2CC(C)CC(C)(C)C2)cc1C. The highest BCUT2D eigenvalue weighted by Gasteiger charge is 2.32. The number of hydrogen-bond donors (Lipinski definition) is 2. The zero-order chi connectivity index (χ0) is 16.5. The van der Waals surface area contributed by atoms with E-state index in [-0.39, 0.29) is 5.97 Å². The summed E-state index contributed by atoms with van der Waals surface area (Å²) in [6.07, 6.45) is 3.57. The molecule has 4 nitrogen and oxygen atoms in total. The second-order valence-corrected chi connectivity index (χ2v) is 7.55. The maximum atomic E-state index is 11.1. The smallest absolute Gasteiger partial charge is 0.308 e. The predicted octanol–water partition coefficient (Wildman–Crippen LogP) is 4.13. The summed E-state index contributed by atoms with van der Waals surface area (Å²) in [5.74, 6) is 0.919. The van der Waals surface area contributed by atoms with Gasteiger partial charge in [-0.2, -0.15) is 0 Å². The molecule has 0 saturated heterocycles. The number of esters is 1. The number of ether oxygens (including phenoxy) is 1. The number of rotatable bonds is 3. The van der Waals surface area contributed by atoms with Crippen LogP contribution >= 0.6 is 0 Å². The normalized spacial score (nSPS) is 23.9. The van der Waals surface area contributed by atoms with Crippen molar-refractivity contribution >= 4 is 17.3 Å². The summed E-state index contributed by atoms with van der Waals surface area (Å²) in [5, 5.41) is 3.59. The molecular formula is C18H28N2O2. The summed E-state index contributed by atoms with van der Waals surface area (Å²) in [6.45, 7) is 10.3. The van der Waals surface area contributed by atoms with Gasteiger partial charge in [-0.25, -0.2) is 0 Å². The summed E-state index contributed by atoms with van der Waals surface area (Å²) in [4.78, 5) is 11.1. The number of carbonyl (C=O) groups excluding carboxylic acids is 1. The van der Waals surface area contributed by atoms with E-state index in [2.05, 4.69) is 26.1 Å². The minimum Gasteiger partial charge on any atom is -0.426 e. The van der Waals surface area contributed by atoms with Gasteiger partial charge in [0.15, 0.2) is 0 Å². The number of hydrogen-bond acceptors (Lipinski definition) is 4. The Morgan fingerprint density at radius 3 is 2.64 bits per heavy atom. The summed E-state index contributed by atoms with van der Waals surface area (Å²) in [7, 11) is 0. The number of benzene rings is 1. The Labute approximate surface area is 133 Å². The zero-order valence-electron chi connectivity index (χ0n) is 14.3. The third-order valence-corrected chi connectivity index (χ3v) is 4.35. The average Bonchev–Trinajstić information content (AvgIpc) is 2.32. The Bertz CT molecular complexity index is 566. The van der Waals surface area contributed by atoms with Crippen LogP contribution < -0.4 is 15.8 Å². The van der Waals surface area contributed by atoms with Crippen molar-refractivity contribution in [2.24, 2.45) is 11.3 Å². The van der Waals surface area contributed by atoms with Crippen LogP contribution in [0.5, 0.6) is 5.75 Å². The van der Waals surface area contributed by atoms with Gasteiger partial charge in [0.25, 0.3) is 0 Å². The lowest BCUT2D eigenvalue weighted by molar-refractivity contribution is -0.131. The van der Waals surface area contributed by atoms with Crippen molar-refractivity contribution < 1.29 is 9.53 Å². The van der Waals surface area contributed by atoms with E-state index in [0.717, 1.165) is 24.1 Å². The van der Waals surface area contributed by atoms with E-state index in [0.29, 0.717) is 28.8 Å². The number of anilines is 2. The lowest BCUT2D eigenvalue weighted by atomic mass is 9.70. The zero-order valence-corrected chi connectivity index (χ0v) is 14.3. The van der Waals surface area contributed by atoms with E-state index in [1.165, 1.54) is 13.3 Å². The summed E-state index contributed by atoms with van der Waals surface area (Å²) in [5.41, 5.74) is 8.96. The highest BCUT2D eigenvalue weighted by atomic mass is 16.5. The predicted molar refractivity (Wildman–Crippen MR) is 91.1 cm³/mol. The fourth-order valence-electron chi connectivity index (χ4n) is 3.77. The topological polar surface area (TPSA) is 64.3 Å². The first-order valence-electron chi connectivity index (χ1n) is 8.01. The first-order chi connectivity index (χ1) is 10.2. The molecule has 4 heteroatoms. The highest BCUT2D eigenvalue weighted by molar-refractivity contribution is 5.74. The van der Waals surface area contributed by atoms with Gasteiger partial charge in [0.1, 0.15) is 5.75 Å². The van der Waals surface area contributed by atoms with Crippen molar-refractivity contribution in [3.63, 3.8) is 0 Å². The molecule has 0 amide bonds. The van der Waals surface area contributed by atoms with Crippen LogP contribution in [0.15, 0.2) is 12.1 Å². The minimum atomic E-state index is -0.328. The Morgan fingerprint density at radius 1 is 1.36 bits per heavy atom. The van der Waals surface area contributed by atoms with Crippen molar-refractivity contribution in [2.75, 3.05) is 11.1 Å². The summed E-state index contributed by atoms with van der Waals surface area (Å²) in [6, 6.07) is 4.14. The molecule has 0 aromatic heterocycles. The Kier molecular flexibility index (Phi) is 4.69. The van der Waals surface area contributed by atoms with Crippen LogP contribution in [0, 0.1) is 18.3 Å². The number of aryl methyl sites for hydroxylation is 1. The molecule has 1 saturated carbocycles. The molecule has 2 rings (SSSR count). The lowest BCUT2D eigenvalue weighted by Crippen LogP contribution is -2.35. The molecule has 0 bridgehead atoms. The Balaban J connectivity index is 2.16. The van der Waals surface area contributed by atoms with Gasteiger partial charge in [0.2, 0.25) is 0 Å². The van der Waals surface area contributed by atoms with Crippen LogP contribution in [-0.2, 0) is 4.79 Å². The van der Waals surface area contributed by atoms with E-state index in [4.69, 9.17) is 10.5 Å². The quantitative estimate of drug-likeness (QED) is 0.500. The van der Waals surface area contributed by atoms with Crippen LogP contribution in [0.4, 0.5) is 11.4 Å². The molecule has 0 heterocycles. The van der Waals surface area contributed by atoms with Crippen LogP contribution in [0.1, 0.15) is 52.5 Å². The van der Waals surface area contributed by atoms with Crippen molar-refractivity contribution in [1.29, 1.82) is 0 Å². The molecule has 122 valence electrons. The Hall–Kier alpha value is -1.71. The molecule has 3 N–H and O–H groups in total. The summed E-state index contributed by atoms with van der Waals surface area (Å²) < 4.78 is 5.17. The molecule has 22 heavy (non-hydrogen) atoms. The monoisotopic (exact) mass is 304 g/mol. The van der Waals surface area contributed by atoms with E-state index >= 15 is 0 Å². The fourth-order valence-corrected chi connectivity index (χ4v) is 3.77. The number of nitrogen functional groups attached to an aromatic ring is 1. The molecule has 1 aliphatic carbocycles.